The number of amidine groups is 1. The molecule has 1 atom stereocenters. The van der Waals surface area contributed by atoms with Crippen molar-refractivity contribution in [2.45, 2.75) is 32.1 Å². The molecule has 0 saturated carbocycles. The van der Waals surface area contributed by atoms with Gasteiger partial charge in [0.05, 0.1) is 5.84 Å². The number of thioether (sulfide) groups is 1. The van der Waals surface area contributed by atoms with Crippen LogP contribution in [0.5, 0.6) is 0 Å². The van der Waals surface area contributed by atoms with Gasteiger partial charge in [-0.05, 0) is 36.7 Å². The van der Waals surface area contributed by atoms with Gasteiger partial charge >= 0.3 is 0 Å². The lowest BCUT2D eigenvalue weighted by Gasteiger charge is -2.12. The van der Waals surface area contributed by atoms with Crippen LogP contribution in [0.4, 0.5) is 0 Å². The number of nitrogens with one attached hydrogen (secondary N) is 1. The van der Waals surface area contributed by atoms with Gasteiger partial charge in [0.25, 0.3) is 0 Å². The molecule has 1 saturated heterocycles. The van der Waals surface area contributed by atoms with E-state index in [1.165, 1.54) is 49.4 Å². The van der Waals surface area contributed by atoms with Gasteiger partial charge in [-0.2, -0.15) is 11.8 Å². The Balaban J connectivity index is 1.70. The highest BCUT2D eigenvalue weighted by Gasteiger charge is 2.15. The van der Waals surface area contributed by atoms with E-state index in [1.54, 1.807) is 0 Å². The standard InChI is InChI=1S/C11H20N2S/c1-2-4-11(12-6-3-1)13-8-10-5-7-14-9-10/h10H,1-9H2,(H,12,13). The van der Waals surface area contributed by atoms with Crippen LogP contribution >= 0.6 is 11.8 Å². The van der Waals surface area contributed by atoms with Crippen molar-refractivity contribution >= 4 is 17.6 Å². The van der Waals surface area contributed by atoms with Crippen molar-refractivity contribution in [3.05, 3.63) is 0 Å². The second-order valence-corrected chi connectivity index (χ2v) is 5.40. The fraction of sp³-hybridized carbons (Fsp3) is 0.909. The first kappa shape index (κ1) is 10.3. The van der Waals surface area contributed by atoms with Gasteiger partial charge in [0.15, 0.2) is 0 Å². The third kappa shape index (κ3) is 3.19. The zero-order valence-electron chi connectivity index (χ0n) is 8.80. The van der Waals surface area contributed by atoms with Crippen LogP contribution < -0.4 is 5.32 Å². The molecule has 1 fully saturated rings. The molecule has 0 radical (unpaired) electrons. The van der Waals surface area contributed by atoms with Gasteiger partial charge in [0.1, 0.15) is 0 Å². The van der Waals surface area contributed by atoms with Crippen molar-refractivity contribution in [3.8, 4) is 0 Å². The Morgan fingerprint density at radius 3 is 3.21 bits per heavy atom. The maximum Gasteiger partial charge on any atom is 0.0963 e. The molecule has 0 aromatic rings. The van der Waals surface area contributed by atoms with Gasteiger partial charge < -0.3 is 5.32 Å². The average Bonchev–Trinajstić information content (AvgIpc) is 2.58. The zero-order chi connectivity index (χ0) is 9.64. The van der Waals surface area contributed by atoms with Gasteiger partial charge in [-0.3, -0.25) is 4.99 Å². The summed E-state index contributed by atoms with van der Waals surface area (Å²) >= 11 is 2.09. The summed E-state index contributed by atoms with van der Waals surface area (Å²) in [7, 11) is 0. The summed E-state index contributed by atoms with van der Waals surface area (Å²) in [5.74, 6) is 4.88. The molecule has 2 aliphatic rings. The van der Waals surface area contributed by atoms with Crippen molar-refractivity contribution in [2.24, 2.45) is 10.9 Å². The molecular formula is C11H20N2S. The van der Waals surface area contributed by atoms with E-state index >= 15 is 0 Å². The molecule has 0 aromatic heterocycles. The molecule has 0 bridgehead atoms. The third-order valence-corrected chi connectivity index (χ3v) is 4.22. The molecule has 0 aromatic carbocycles. The van der Waals surface area contributed by atoms with E-state index in [0.717, 1.165) is 19.0 Å². The predicted molar refractivity (Wildman–Crippen MR) is 64.2 cm³/mol. The lowest BCUT2D eigenvalue weighted by molar-refractivity contribution is 0.577. The molecule has 2 aliphatic heterocycles. The average molecular weight is 212 g/mol. The second kappa shape index (κ2) is 5.64. The molecule has 0 aliphatic carbocycles. The Morgan fingerprint density at radius 2 is 2.36 bits per heavy atom. The number of hydrogen-bond donors (Lipinski definition) is 1. The Labute approximate surface area is 90.9 Å². The highest BCUT2D eigenvalue weighted by Crippen LogP contribution is 2.22. The Morgan fingerprint density at radius 1 is 1.36 bits per heavy atom. The van der Waals surface area contributed by atoms with Crippen molar-refractivity contribution < 1.29 is 0 Å². The van der Waals surface area contributed by atoms with E-state index in [2.05, 4.69) is 22.1 Å². The van der Waals surface area contributed by atoms with E-state index in [0.29, 0.717) is 0 Å². The second-order valence-electron chi connectivity index (χ2n) is 4.25. The molecule has 3 heteroatoms. The minimum atomic E-state index is 0.894. The molecular weight excluding hydrogens is 192 g/mol. The fourth-order valence-electron chi connectivity index (χ4n) is 2.02. The number of nitrogens with zero attached hydrogens (tertiary/aromatic N) is 1. The van der Waals surface area contributed by atoms with Crippen LogP contribution in [-0.2, 0) is 0 Å². The zero-order valence-corrected chi connectivity index (χ0v) is 9.61. The van der Waals surface area contributed by atoms with E-state index in [1.807, 2.05) is 0 Å². The first-order valence-electron chi connectivity index (χ1n) is 5.80. The molecule has 1 unspecified atom stereocenters. The lowest BCUT2D eigenvalue weighted by atomic mass is 10.1. The SMILES string of the molecule is C1CCN=C(NCC2CCSC2)CC1. The van der Waals surface area contributed by atoms with Crippen molar-refractivity contribution in [3.63, 3.8) is 0 Å². The van der Waals surface area contributed by atoms with Gasteiger partial charge in [0, 0.05) is 19.5 Å². The molecule has 0 amide bonds. The predicted octanol–water partition coefficient (Wildman–Crippen LogP) is 2.30. The molecule has 14 heavy (non-hydrogen) atoms. The smallest absolute Gasteiger partial charge is 0.0963 e. The Kier molecular flexibility index (Phi) is 4.17. The Bertz CT molecular complexity index is 197. The minimum Gasteiger partial charge on any atom is -0.374 e. The van der Waals surface area contributed by atoms with Crippen molar-refractivity contribution in [1.29, 1.82) is 0 Å². The maximum absolute atomic E-state index is 4.58. The Hall–Kier alpha value is -0.180. The van der Waals surface area contributed by atoms with E-state index in [9.17, 15) is 0 Å². The number of hydrogen-bond acceptors (Lipinski definition) is 3. The quantitative estimate of drug-likeness (QED) is 0.759. The molecule has 2 rings (SSSR count). The monoisotopic (exact) mass is 212 g/mol. The summed E-state index contributed by atoms with van der Waals surface area (Å²) in [4.78, 5) is 4.58. The largest absolute Gasteiger partial charge is 0.374 e. The van der Waals surface area contributed by atoms with Gasteiger partial charge in [-0.1, -0.05) is 6.42 Å². The van der Waals surface area contributed by atoms with Crippen LogP contribution in [-0.4, -0.2) is 30.4 Å². The fourth-order valence-corrected chi connectivity index (χ4v) is 3.31. The van der Waals surface area contributed by atoms with Crippen LogP contribution in [0.25, 0.3) is 0 Å². The number of aliphatic imine (C=N–C) groups is 1. The van der Waals surface area contributed by atoms with E-state index in [-0.39, 0.29) is 0 Å². The summed E-state index contributed by atoms with van der Waals surface area (Å²) in [6, 6.07) is 0. The maximum atomic E-state index is 4.58. The summed E-state index contributed by atoms with van der Waals surface area (Å²) in [5, 5.41) is 3.54. The van der Waals surface area contributed by atoms with Gasteiger partial charge in [0.2, 0.25) is 0 Å². The minimum absolute atomic E-state index is 0.894. The highest BCUT2D eigenvalue weighted by molar-refractivity contribution is 7.99. The highest BCUT2D eigenvalue weighted by atomic mass is 32.2. The first-order valence-corrected chi connectivity index (χ1v) is 6.95. The van der Waals surface area contributed by atoms with Gasteiger partial charge in [-0.25, -0.2) is 0 Å². The third-order valence-electron chi connectivity index (χ3n) is 2.99. The van der Waals surface area contributed by atoms with Crippen LogP contribution in [0.3, 0.4) is 0 Å². The summed E-state index contributed by atoms with van der Waals surface area (Å²) in [6.07, 6.45) is 6.54. The first-order chi connectivity index (χ1) is 6.95. The molecule has 0 spiro atoms. The summed E-state index contributed by atoms with van der Waals surface area (Å²) in [5.41, 5.74) is 0. The molecule has 2 heterocycles. The van der Waals surface area contributed by atoms with Gasteiger partial charge in [-0.15, -0.1) is 0 Å². The number of rotatable bonds is 2. The lowest BCUT2D eigenvalue weighted by Crippen LogP contribution is -2.29. The normalized spacial score (nSPS) is 28.3. The summed E-state index contributed by atoms with van der Waals surface area (Å²) < 4.78 is 0. The topological polar surface area (TPSA) is 24.4 Å². The van der Waals surface area contributed by atoms with Crippen LogP contribution in [0.2, 0.25) is 0 Å². The van der Waals surface area contributed by atoms with E-state index < -0.39 is 0 Å². The van der Waals surface area contributed by atoms with Crippen LogP contribution in [0.1, 0.15) is 32.1 Å². The molecule has 1 N–H and O–H groups in total. The molecule has 80 valence electrons. The molecule has 2 nitrogen and oxygen atoms in total. The van der Waals surface area contributed by atoms with Crippen molar-refractivity contribution in [2.75, 3.05) is 24.6 Å². The van der Waals surface area contributed by atoms with E-state index in [4.69, 9.17) is 0 Å². The summed E-state index contributed by atoms with van der Waals surface area (Å²) in [6.45, 7) is 2.20. The van der Waals surface area contributed by atoms with Crippen LogP contribution in [0.15, 0.2) is 4.99 Å². The van der Waals surface area contributed by atoms with Crippen molar-refractivity contribution in [1.82, 2.24) is 5.32 Å². The van der Waals surface area contributed by atoms with Crippen LogP contribution in [0, 0.1) is 5.92 Å².